The van der Waals surface area contributed by atoms with Gasteiger partial charge in [0, 0.05) is 21.8 Å². The number of hydrogen-bond donors (Lipinski definition) is 1. The fraction of sp³-hybridized carbons (Fsp3) is 0.250. The highest BCUT2D eigenvalue weighted by Gasteiger charge is 2.14. The molecule has 3 nitrogen and oxygen atoms in total. The minimum atomic E-state index is 0.115. The standard InChI is InChI=1S/C12H9BrN2O/c13-11-5-9-7-14-15-12(9)6-8(11)1-2-10-3-4-16-10/h5-7,10H,3-4H2,(H,14,15). The Bertz CT molecular complexity index is 590. The number of rotatable bonds is 0. The first-order chi connectivity index (χ1) is 7.83. The Balaban J connectivity index is 2.00. The second kappa shape index (κ2) is 3.93. The van der Waals surface area contributed by atoms with Gasteiger partial charge in [-0.1, -0.05) is 11.8 Å². The summed E-state index contributed by atoms with van der Waals surface area (Å²) in [5, 5.41) is 8.00. The molecule has 0 aliphatic carbocycles. The lowest BCUT2D eigenvalue weighted by molar-refractivity contribution is -0.0122. The topological polar surface area (TPSA) is 37.9 Å². The molecule has 0 saturated carbocycles. The average molecular weight is 277 g/mol. The van der Waals surface area contributed by atoms with E-state index in [1.165, 1.54) is 0 Å². The molecule has 0 bridgehead atoms. The first kappa shape index (κ1) is 9.88. The van der Waals surface area contributed by atoms with Crippen LogP contribution in [0.2, 0.25) is 0 Å². The predicted octanol–water partition coefficient (Wildman–Crippen LogP) is 2.47. The Labute approximate surface area is 101 Å². The van der Waals surface area contributed by atoms with Crippen LogP contribution in [0.4, 0.5) is 0 Å². The summed E-state index contributed by atoms with van der Waals surface area (Å²) < 4.78 is 6.25. The molecule has 4 heteroatoms. The van der Waals surface area contributed by atoms with Gasteiger partial charge in [-0.15, -0.1) is 0 Å². The Morgan fingerprint density at radius 2 is 2.38 bits per heavy atom. The minimum absolute atomic E-state index is 0.115. The monoisotopic (exact) mass is 276 g/mol. The lowest BCUT2D eigenvalue weighted by atomic mass is 10.1. The van der Waals surface area contributed by atoms with Crippen molar-refractivity contribution < 1.29 is 4.74 Å². The Kier molecular flexibility index (Phi) is 2.43. The third kappa shape index (κ3) is 1.73. The molecule has 3 rings (SSSR count). The number of ether oxygens (including phenoxy) is 1. The van der Waals surface area contributed by atoms with Crippen LogP contribution in [0.25, 0.3) is 10.9 Å². The van der Waals surface area contributed by atoms with E-state index in [0.29, 0.717) is 0 Å². The highest BCUT2D eigenvalue weighted by molar-refractivity contribution is 9.10. The molecular weight excluding hydrogens is 268 g/mol. The van der Waals surface area contributed by atoms with Gasteiger partial charge in [0.1, 0.15) is 6.10 Å². The average Bonchev–Trinajstić information content (AvgIpc) is 2.62. The van der Waals surface area contributed by atoms with Crippen LogP contribution < -0.4 is 0 Å². The van der Waals surface area contributed by atoms with E-state index in [2.05, 4.69) is 38.0 Å². The lowest BCUT2D eigenvalue weighted by Crippen LogP contribution is -2.24. The van der Waals surface area contributed by atoms with E-state index in [1.807, 2.05) is 12.1 Å². The van der Waals surface area contributed by atoms with E-state index in [0.717, 1.165) is 34.0 Å². The number of H-pyrrole nitrogens is 1. The van der Waals surface area contributed by atoms with E-state index in [9.17, 15) is 0 Å². The van der Waals surface area contributed by atoms with E-state index in [-0.39, 0.29) is 6.10 Å². The van der Waals surface area contributed by atoms with Crippen molar-refractivity contribution >= 4 is 26.8 Å². The van der Waals surface area contributed by atoms with Crippen molar-refractivity contribution in [2.24, 2.45) is 0 Å². The van der Waals surface area contributed by atoms with E-state index < -0.39 is 0 Å². The number of nitrogens with one attached hydrogen (secondary N) is 1. The van der Waals surface area contributed by atoms with Gasteiger partial charge in [-0.2, -0.15) is 5.10 Å². The molecule has 1 saturated heterocycles. The van der Waals surface area contributed by atoms with Gasteiger partial charge >= 0.3 is 0 Å². The second-order valence-corrected chi connectivity index (χ2v) is 4.56. The van der Waals surface area contributed by atoms with Gasteiger partial charge in [0.05, 0.1) is 18.3 Å². The van der Waals surface area contributed by atoms with E-state index >= 15 is 0 Å². The number of hydrogen-bond acceptors (Lipinski definition) is 2. The number of aromatic amines is 1. The van der Waals surface area contributed by atoms with Gasteiger partial charge in [-0.05, 0) is 28.1 Å². The van der Waals surface area contributed by atoms with Gasteiger partial charge in [-0.25, -0.2) is 0 Å². The van der Waals surface area contributed by atoms with Crippen LogP contribution in [0.1, 0.15) is 12.0 Å². The molecule has 2 aromatic rings. The van der Waals surface area contributed by atoms with Gasteiger partial charge < -0.3 is 4.74 Å². The molecule has 1 unspecified atom stereocenters. The van der Waals surface area contributed by atoms with E-state index in [4.69, 9.17) is 4.74 Å². The molecule has 2 heterocycles. The van der Waals surface area contributed by atoms with Crippen LogP contribution in [-0.2, 0) is 4.74 Å². The summed E-state index contributed by atoms with van der Waals surface area (Å²) in [5.41, 5.74) is 1.97. The molecule has 0 radical (unpaired) electrons. The number of aromatic nitrogens is 2. The normalized spacial score (nSPS) is 18.9. The number of nitrogens with zero attached hydrogens (tertiary/aromatic N) is 1. The Hall–Kier alpha value is -1.31. The summed E-state index contributed by atoms with van der Waals surface area (Å²) in [5.74, 6) is 6.22. The number of halogens is 1. The summed E-state index contributed by atoms with van der Waals surface area (Å²) in [6.07, 6.45) is 2.95. The van der Waals surface area contributed by atoms with Crippen LogP contribution in [0.15, 0.2) is 22.8 Å². The molecule has 1 atom stereocenters. The molecule has 1 N–H and O–H groups in total. The van der Waals surface area contributed by atoms with Crippen molar-refractivity contribution in [1.82, 2.24) is 10.2 Å². The number of fused-ring (bicyclic) bond motifs is 1. The predicted molar refractivity (Wildman–Crippen MR) is 65.0 cm³/mol. The maximum atomic E-state index is 5.26. The molecule has 0 spiro atoms. The Morgan fingerprint density at radius 1 is 1.50 bits per heavy atom. The van der Waals surface area contributed by atoms with Gasteiger partial charge in [0.25, 0.3) is 0 Å². The lowest BCUT2D eigenvalue weighted by Gasteiger charge is -2.20. The zero-order chi connectivity index (χ0) is 11.0. The molecule has 1 fully saturated rings. The van der Waals surface area contributed by atoms with Crippen molar-refractivity contribution in [2.45, 2.75) is 12.5 Å². The van der Waals surface area contributed by atoms with Crippen LogP contribution in [0.5, 0.6) is 0 Å². The summed E-state index contributed by atoms with van der Waals surface area (Å²) in [7, 11) is 0. The molecule has 16 heavy (non-hydrogen) atoms. The second-order valence-electron chi connectivity index (χ2n) is 3.71. The zero-order valence-corrected chi connectivity index (χ0v) is 10.0. The summed E-state index contributed by atoms with van der Waals surface area (Å²) in [6.45, 7) is 0.833. The van der Waals surface area contributed by atoms with Gasteiger partial charge in [0.15, 0.2) is 0 Å². The highest BCUT2D eigenvalue weighted by Crippen LogP contribution is 2.22. The molecule has 1 aromatic carbocycles. The van der Waals surface area contributed by atoms with Crippen molar-refractivity contribution in [3.63, 3.8) is 0 Å². The SMILES string of the molecule is Brc1cc2cn[nH]c2cc1C#CC1CCO1. The third-order valence-electron chi connectivity index (χ3n) is 2.59. The maximum absolute atomic E-state index is 5.26. The summed E-state index contributed by atoms with van der Waals surface area (Å²) >= 11 is 3.51. The van der Waals surface area contributed by atoms with Crippen molar-refractivity contribution in [3.05, 3.63) is 28.4 Å². The van der Waals surface area contributed by atoms with Crippen molar-refractivity contribution in [3.8, 4) is 11.8 Å². The van der Waals surface area contributed by atoms with E-state index in [1.54, 1.807) is 6.20 Å². The van der Waals surface area contributed by atoms with Crippen LogP contribution >= 0.6 is 15.9 Å². The fourth-order valence-corrected chi connectivity index (χ4v) is 2.03. The number of benzene rings is 1. The quantitative estimate of drug-likeness (QED) is 0.751. The fourth-order valence-electron chi connectivity index (χ4n) is 1.57. The van der Waals surface area contributed by atoms with Gasteiger partial charge in [0.2, 0.25) is 0 Å². The first-order valence-corrected chi connectivity index (χ1v) is 5.88. The highest BCUT2D eigenvalue weighted by atomic mass is 79.9. The molecule has 1 aromatic heterocycles. The summed E-state index contributed by atoms with van der Waals surface area (Å²) in [6, 6.07) is 4.02. The van der Waals surface area contributed by atoms with Crippen molar-refractivity contribution in [1.29, 1.82) is 0 Å². The molecule has 0 amide bonds. The molecule has 80 valence electrons. The summed E-state index contributed by atoms with van der Waals surface area (Å²) in [4.78, 5) is 0. The van der Waals surface area contributed by atoms with Crippen LogP contribution in [0, 0.1) is 11.8 Å². The van der Waals surface area contributed by atoms with Crippen molar-refractivity contribution in [2.75, 3.05) is 6.61 Å². The van der Waals surface area contributed by atoms with Crippen LogP contribution in [-0.4, -0.2) is 22.9 Å². The zero-order valence-electron chi connectivity index (χ0n) is 8.46. The molecular formula is C12H9BrN2O. The smallest absolute Gasteiger partial charge is 0.120 e. The third-order valence-corrected chi connectivity index (χ3v) is 3.25. The molecule has 1 aliphatic heterocycles. The van der Waals surface area contributed by atoms with Gasteiger partial charge in [-0.3, -0.25) is 5.10 Å². The first-order valence-electron chi connectivity index (χ1n) is 5.09. The largest absolute Gasteiger partial charge is 0.365 e. The van der Waals surface area contributed by atoms with Crippen LogP contribution in [0.3, 0.4) is 0 Å². The minimum Gasteiger partial charge on any atom is -0.365 e. The molecule has 1 aliphatic rings. The Morgan fingerprint density at radius 3 is 3.12 bits per heavy atom. The maximum Gasteiger partial charge on any atom is 0.120 e.